The van der Waals surface area contributed by atoms with E-state index >= 15 is 0 Å². The Morgan fingerprint density at radius 3 is 0.919 bits per heavy atom. The van der Waals surface area contributed by atoms with E-state index in [9.17, 15) is 0 Å². The fraction of sp³-hybridized carbons (Fsp3) is 1.00. The van der Waals surface area contributed by atoms with E-state index in [0.717, 1.165) is 0 Å². The van der Waals surface area contributed by atoms with Crippen LogP contribution in [-0.4, -0.2) is 30.4 Å². The number of unbranched alkanes of at least 4 members (excludes halogenated alkanes) is 12. The molecule has 37 heavy (non-hydrogen) atoms. The number of hydrogen-bond donors (Lipinski definition) is 0. The van der Waals surface area contributed by atoms with Crippen LogP contribution in [0.2, 0.25) is 29.0 Å². The summed E-state index contributed by atoms with van der Waals surface area (Å²) >= 11 is -3.90. The molecular weight excluding hydrogens is 562 g/mol. The second-order valence-electron chi connectivity index (χ2n) is 21.0. The molecule has 4 unspecified atom stereocenters. The molecule has 0 aromatic rings. The van der Waals surface area contributed by atoms with E-state index in [4.69, 9.17) is 0 Å². The van der Waals surface area contributed by atoms with E-state index in [1.807, 2.05) is 0 Å². The van der Waals surface area contributed by atoms with E-state index in [1.54, 1.807) is 105 Å². The van der Waals surface area contributed by atoms with Crippen LogP contribution in [0.1, 0.15) is 130 Å². The van der Waals surface area contributed by atoms with Gasteiger partial charge in [-0.3, -0.25) is 0 Å². The Morgan fingerprint density at radius 1 is 0.405 bits per heavy atom. The monoisotopic (exact) mass is 620 g/mol. The average Bonchev–Trinajstić information content (AvgIpc) is 3.85. The second-order valence-corrected chi connectivity index (χ2v) is 80.1. The first kappa shape index (κ1) is 24.2. The van der Waals surface area contributed by atoms with Crippen molar-refractivity contribution in [3.05, 3.63) is 0 Å². The Hall–Kier alpha value is 1.74. The average molecular weight is 622 g/mol. The van der Waals surface area contributed by atoms with Gasteiger partial charge in [0, 0.05) is 0 Å². The summed E-state index contributed by atoms with van der Waals surface area (Å²) in [5.41, 5.74) is 0. The second kappa shape index (κ2) is 4.31. The van der Waals surface area contributed by atoms with Crippen LogP contribution in [0.5, 0.6) is 0 Å². The number of fused-ring (bicyclic) bond motifs is 10. The molecule has 4 atom stereocenters. The first-order valence-electron chi connectivity index (χ1n) is 18.5. The Kier molecular flexibility index (Phi) is 2.82. The zero-order chi connectivity index (χ0) is 25.2. The van der Waals surface area contributed by atoms with Crippen molar-refractivity contribution in [1.29, 1.82) is 0 Å². The maximum atomic E-state index is 2.43. The van der Waals surface area contributed by atoms with Gasteiger partial charge in [0.05, 0.1) is 0 Å². The molecule has 10 fully saturated rings. The third-order valence-electron chi connectivity index (χ3n) is 26.4. The van der Waals surface area contributed by atoms with Crippen molar-refractivity contribution in [2.45, 2.75) is 165 Å². The van der Waals surface area contributed by atoms with Crippen LogP contribution in [0.15, 0.2) is 0 Å². The summed E-state index contributed by atoms with van der Waals surface area (Å²) in [6.07, 6.45) is 31.8. The van der Waals surface area contributed by atoms with Crippen molar-refractivity contribution in [1.82, 2.24) is 0 Å². The van der Waals surface area contributed by atoms with Gasteiger partial charge < -0.3 is 0 Å². The van der Waals surface area contributed by atoms with Crippen LogP contribution in [0.4, 0.5) is 0 Å². The predicted molar refractivity (Wildman–Crippen MR) is 165 cm³/mol. The molecule has 3 heteroatoms. The Balaban J connectivity index is 1.02. The zero-order valence-corrected chi connectivity index (χ0v) is 29.4. The van der Waals surface area contributed by atoms with Gasteiger partial charge in [0.25, 0.3) is 0 Å². The fourth-order valence-corrected chi connectivity index (χ4v) is 320. The molecule has 0 bridgehead atoms. The van der Waals surface area contributed by atoms with Crippen molar-refractivity contribution in [3.8, 4) is 0 Å². The first-order valence-corrected chi connectivity index (χ1v) is 35.7. The van der Waals surface area contributed by atoms with Gasteiger partial charge in [-0.05, 0) is 0 Å². The normalized spacial score (nSPS) is 63.6. The summed E-state index contributed by atoms with van der Waals surface area (Å²) in [7, 11) is 0.791. The molecule has 210 valence electrons. The van der Waals surface area contributed by atoms with Crippen molar-refractivity contribution < 1.29 is 11.4 Å². The number of hydrogen-bond acceptors (Lipinski definition) is 0. The van der Waals surface area contributed by atoms with Crippen LogP contribution in [0.25, 0.3) is 0 Å². The molecule has 10 aliphatic rings. The minimum absolute atomic E-state index is 0.396. The van der Waals surface area contributed by atoms with Gasteiger partial charge in [-0.1, -0.05) is 0 Å². The molecule has 0 amide bonds. The van der Waals surface area contributed by atoms with E-state index in [0.29, 0.717) is 15.8 Å². The van der Waals surface area contributed by atoms with Crippen LogP contribution in [-0.2, 0) is 11.4 Å². The summed E-state index contributed by atoms with van der Waals surface area (Å²) < 4.78 is 15.1. The molecule has 0 aliphatic carbocycles. The standard InChI is InChI=1S/C29H55P2.C5H5.Zr/c1-5-9-13-17-24-30(25-18-14-10-6-2)28-22-21-23-29(28)31(26-19-15-11-7-3)27-20-16-12-8-4;1-2-4-5-3-1;/h21-23H,5-20,24-27H2,1-4H3;1-5H;. The van der Waals surface area contributed by atoms with Gasteiger partial charge in [0.15, 0.2) is 0 Å². The quantitative estimate of drug-likeness (QED) is 0.0833. The van der Waals surface area contributed by atoms with Crippen LogP contribution in [0, 0.1) is 0 Å². The number of rotatable bonds is 22. The van der Waals surface area contributed by atoms with Gasteiger partial charge in [0.2, 0.25) is 0 Å². The van der Waals surface area contributed by atoms with Gasteiger partial charge in [-0.2, -0.15) is 0 Å². The van der Waals surface area contributed by atoms with E-state index in [1.165, 1.54) is 57.1 Å². The third-order valence-corrected chi connectivity index (χ3v) is 147. The molecule has 10 rings (SSSR count). The first-order chi connectivity index (χ1) is 18.0. The van der Waals surface area contributed by atoms with Crippen molar-refractivity contribution in [2.75, 3.05) is 24.6 Å². The zero-order valence-electron chi connectivity index (χ0n) is 25.2. The third kappa shape index (κ3) is 0.688. The van der Waals surface area contributed by atoms with Crippen LogP contribution >= 0.6 is 15.8 Å². The molecular formula is C34H60P2Zr. The molecule has 1 spiro atoms. The minimum atomic E-state index is -3.90. The maximum absolute atomic E-state index is 3.90. The molecule has 10 aliphatic heterocycles. The van der Waals surface area contributed by atoms with E-state index in [-0.39, 0.29) is 0 Å². The van der Waals surface area contributed by atoms with Crippen LogP contribution < -0.4 is 0 Å². The predicted octanol–water partition coefficient (Wildman–Crippen LogP) is 12.5. The summed E-state index contributed by atoms with van der Waals surface area (Å²) in [5, 5.41) is 0. The Bertz CT molecular complexity index is 1190. The van der Waals surface area contributed by atoms with Crippen molar-refractivity contribution in [3.63, 3.8) is 0 Å². The van der Waals surface area contributed by atoms with Crippen molar-refractivity contribution in [2.24, 2.45) is 0 Å². The van der Waals surface area contributed by atoms with Gasteiger partial charge in [-0.15, -0.1) is 0 Å². The Labute approximate surface area is 215 Å². The fourth-order valence-electron chi connectivity index (χ4n) is 30.0. The summed E-state index contributed by atoms with van der Waals surface area (Å²) in [5.74, 6) is 0. The van der Waals surface area contributed by atoms with E-state index < -0.39 is 11.4 Å². The van der Waals surface area contributed by atoms with Gasteiger partial charge >= 0.3 is 217 Å². The van der Waals surface area contributed by atoms with E-state index in [2.05, 4.69) is 27.7 Å². The molecule has 0 saturated carbocycles. The molecule has 10 heterocycles. The van der Waals surface area contributed by atoms with Gasteiger partial charge in [0.1, 0.15) is 0 Å². The molecule has 0 aromatic carbocycles. The van der Waals surface area contributed by atoms with Crippen LogP contribution in [0.3, 0.4) is 0 Å². The topological polar surface area (TPSA) is 0 Å². The van der Waals surface area contributed by atoms with Crippen molar-refractivity contribution >= 4 is 15.8 Å². The molecule has 0 nitrogen and oxygen atoms in total. The Morgan fingerprint density at radius 2 is 0.703 bits per heavy atom. The van der Waals surface area contributed by atoms with Gasteiger partial charge in [-0.25, -0.2) is 0 Å². The molecule has 0 aromatic heterocycles. The molecule has 0 N–H and O–H groups in total. The summed E-state index contributed by atoms with van der Waals surface area (Å²) in [6, 6.07) is 0. The molecule has 0 radical (unpaired) electrons. The summed E-state index contributed by atoms with van der Waals surface area (Å²) in [4.78, 5) is 0. The molecule has 10 saturated heterocycles. The summed E-state index contributed by atoms with van der Waals surface area (Å²) in [6.45, 7) is 9.72. The SMILES string of the molecule is CCCCCCP(CCCCCC)[C]12[CH]3[CH]4[CH]5[C]1(P(CCCCCC)CCCCCC)[Zr]43521678[CH]2[CH]1[CH]6[CH]7[CH]28.